The Kier molecular flexibility index (Phi) is 2.51. The molecule has 0 unspecified atom stereocenters. The monoisotopic (exact) mass is 206 g/mol. The van der Waals surface area contributed by atoms with Gasteiger partial charge in [0.1, 0.15) is 17.8 Å². The molecule has 0 aliphatic heterocycles. The molecule has 0 amide bonds. The van der Waals surface area contributed by atoms with Gasteiger partial charge in [0.15, 0.2) is 0 Å². The molecule has 3 nitrogen and oxygen atoms in total. The number of aromatic nitrogens is 1. The molecule has 0 bridgehead atoms. The topological polar surface area (TPSA) is 52.0 Å². The largest absolute Gasteiger partial charge is 0.447 e. The van der Waals surface area contributed by atoms with Crippen molar-refractivity contribution in [1.82, 2.24) is 4.98 Å². The van der Waals surface area contributed by atoms with Crippen molar-refractivity contribution >= 4 is 0 Å². The summed E-state index contributed by atoms with van der Waals surface area (Å²) in [5.74, 6) is 0.258. The Morgan fingerprint density at radius 2 is 2.27 bits per heavy atom. The molecule has 78 valence electrons. The van der Waals surface area contributed by atoms with Crippen molar-refractivity contribution in [2.75, 3.05) is 0 Å². The molecule has 2 rings (SSSR count). The molecule has 0 atom stereocenters. The fraction of sp³-hybridized carbons (Fsp3) is 0.182. The summed E-state index contributed by atoms with van der Waals surface area (Å²) in [6.07, 6.45) is 1.52. The van der Waals surface area contributed by atoms with Crippen molar-refractivity contribution in [2.45, 2.75) is 13.5 Å². The maximum absolute atomic E-state index is 13.0. The summed E-state index contributed by atoms with van der Waals surface area (Å²) in [5, 5.41) is 0. The molecule has 2 aromatic rings. The number of hydrogen-bond acceptors (Lipinski definition) is 3. The van der Waals surface area contributed by atoms with Gasteiger partial charge < -0.3 is 10.2 Å². The highest BCUT2D eigenvalue weighted by Gasteiger charge is 2.06. The van der Waals surface area contributed by atoms with Gasteiger partial charge in [-0.1, -0.05) is 0 Å². The van der Waals surface area contributed by atoms with E-state index >= 15 is 0 Å². The minimum Gasteiger partial charge on any atom is -0.447 e. The van der Waals surface area contributed by atoms with Gasteiger partial charge in [0.05, 0.1) is 6.54 Å². The minimum atomic E-state index is -0.221. The summed E-state index contributed by atoms with van der Waals surface area (Å²) in [6.45, 7) is 1.98. The summed E-state index contributed by atoms with van der Waals surface area (Å²) in [4.78, 5) is 4.16. The van der Waals surface area contributed by atoms with Crippen molar-refractivity contribution < 1.29 is 8.81 Å². The first-order valence-corrected chi connectivity index (χ1v) is 4.61. The van der Waals surface area contributed by atoms with E-state index in [9.17, 15) is 4.39 Å². The lowest BCUT2D eigenvalue weighted by Gasteiger charge is -1.98. The van der Waals surface area contributed by atoms with Crippen molar-refractivity contribution in [3.63, 3.8) is 0 Å². The van der Waals surface area contributed by atoms with E-state index in [1.165, 1.54) is 12.3 Å². The molecule has 1 aromatic heterocycles. The van der Waals surface area contributed by atoms with Crippen LogP contribution < -0.4 is 5.73 Å². The van der Waals surface area contributed by atoms with Gasteiger partial charge >= 0.3 is 0 Å². The van der Waals surface area contributed by atoms with E-state index in [4.69, 9.17) is 10.2 Å². The molecule has 1 heterocycles. The number of nitrogens with two attached hydrogens (primary N) is 1. The molecular weight excluding hydrogens is 195 g/mol. The van der Waals surface area contributed by atoms with E-state index < -0.39 is 0 Å². The summed E-state index contributed by atoms with van der Waals surface area (Å²) in [7, 11) is 0. The third kappa shape index (κ3) is 1.89. The van der Waals surface area contributed by atoms with Crippen molar-refractivity contribution in [2.24, 2.45) is 5.73 Å². The van der Waals surface area contributed by atoms with Gasteiger partial charge in [-0.05, 0) is 30.7 Å². The maximum Gasteiger partial charge on any atom is 0.208 e. The zero-order valence-corrected chi connectivity index (χ0v) is 8.33. The van der Waals surface area contributed by atoms with Crippen LogP contribution in [0.3, 0.4) is 0 Å². The molecule has 4 heteroatoms. The van der Waals surface area contributed by atoms with Crippen LogP contribution in [0.4, 0.5) is 4.39 Å². The number of halogens is 1. The number of rotatable bonds is 2. The minimum absolute atomic E-state index is 0.221. The lowest BCUT2D eigenvalue weighted by Crippen LogP contribution is -1.95. The normalized spacial score (nSPS) is 10.6. The average Bonchev–Trinajstić information content (AvgIpc) is 2.70. The molecule has 0 spiro atoms. The molecule has 0 fully saturated rings. The van der Waals surface area contributed by atoms with Gasteiger partial charge in [0.25, 0.3) is 0 Å². The Balaban J connectivity index is 2.40. The molecule has 15 heavy (non-hydrogen) atoms. The lowest BCUT2D eigenvalue weighted by atomic mass is 10.1. The molecule has 2 N–H and O–H groups in total. The van der Waals surface area contributed by atoms with Crippen LogP contribution in [0.2, 0.25) is 0 Å². The van der Waals surface area contributed by atoms with E-state index in [1.54, 1.807) is 19.1 Å². The molecule has 0 aliphatic carbocycles. The Hall–Kier alpha value is -1.68. The first-order chi connectivity index (χ1) is 7.20. The van der Waals surface area contributed by atoms with Crippen LogP contribution >= 0.6 is 0 Å². The van der Waals surface area contributed by atoms with Crippen LogP contribution in [0.1, 0.15) is 11.5 Å². The van der Waals surface area contributed by atoms with Crippen molar-refractivity contribution in [1.29, 1.82) is 0 Å². The van der Waals surface area contributed by atoms with Gasteiger partial charge in [-0.25, -0.2) is 9.37 Å². The first-order valence-electron chi connectivity index (χ1n) is 4.61. The molecule has 1 aromatic carbocycles. The second-order valence-corrected chi connectivity index (χ2v) is 3.29. The Morgan fingerprint density at radius 1 is 1.47 bits per heavy atom. The highest BCUT2D eigenvalue weighted by atomic mass is 19.1. The predicted molar refractivity (Wildman–Crippen MR) is 54.5 cm³/mol. The van der Waals surface area contributed by atoms with Crippen molar-refractivity contribution in [3.8, 4) is 11.3 Å². The number of benzene rings is 1. The number of nitrogens with zero attached hydrogens (tertiary/aromatic N) is 1. The standard InChI is InChI=1S/C11H11FN2O/c1-7-4-8(2-3-9(7)12)10-6-15-11(5-13)14-10/h2-4,6H,5,13H2,1H3. The molecule has 0 aliphatic rings. The van der Waals surface area contributed by atoms with E-state index in [1.807, 2.05) is 0 Å². The summed E-state index contributed by atoms with van der Waals surface area (Å²) in [5.41, 5.74) is 7.48. The summed E-state index contributed by atoms with van der Waals surface area (Å²) in [6, 6.07) is 4.81. The summed E-state index contributed by atoms with van der Waals surface area (Å²) < 4.78 is 18.1. The van der Waals surface area contributed by atoms with Gasteiger partial charge in [-0.15, -0.1) is 0 Å². The quantitative estimate of drug-likeness (QED) is 0.819. The number of aryl methyl sites for hydroxylation is 1. The van der Waals surface area contributed by atoms with E-state index in [2.05, 4.69) is 4.98 Å². The highest BCUT2D eigenvalue weighted by molar-refractivity contribution is 5.58. The van der Waals surface area contributed by atoms with Gasteiger partial charge in [-0.3, -0.25) is 0 Å². The van der Waals surface area contributed by atoms with Crippen molar-refractivity contribution in [3.05, 3.63) is 41.7 Å². The van der Waals surface area contributed by atoms with E-state index in [-0.39, 0.29) is 12.4 Å². The van der Waals surface area contributed by atoms with E-state index in [0.717, 1.165) is 5.56 Å². The van der Waals surface area contributed by atoms with Crippen LogP contribution in [0.5, 0.6) is 0 Å². The van der Waals surface area contributed by atoms with Crippen LogP contribution in [0, 0.1) is 12.7 Å². The Bertz CT molecular complexity index is 479. The highest BCUT2D eigenvalue weighted by Crippen LogP contribution is 2.20. The third-order valence-electron chi connectivity index (χ3n) is 2.18. The van der Waals surface area contributed by atoms with Gasteiger partial charge in [-0.2, -0.15) is 0 Å². The number of hydrogen-bond donors (Lipinski definition) is 1. The average molecular weight is 206 g/mol. The third-order valence-corrected chi connectivity index (χ3v) is 2.18. The summed E-state index contributed by atoms with van der Waals surface area (Å²) >= 11 is 0. The smallest absolute Gasteiger partial charge is 0.208 e. The van der Waals surface area contributed by atoms with Crippen LogP contribution in [0.15, 0.2) is 28.9 Å². The van der Waals surface area contributed by atoms with Crippen LogP contribution in [-0.2, 0) is 6.54 Å². The van der Waals surface area contributed by atoms with Crippen LogP contribution in [-0.4, -0.2) is 4.98 Å². The lowest BCUT2D eigenvalue weighted by molar-refractivity contribution is 0.498. The molecular formula is C11H11FN2O. The van der Waals surface area contributed by atoms with Crippen LogP contribution in [0.25, 0.3) is 11.3 Å². The fourth-order valence-electron chi connectivity index (χ4n) is 1.34. The zero-order chi connectivity index (χ0) is 10.8. The second-order valence-electron chi connectivity index (χ2n) is 3.29. The second kappa shape index (κ2) is 3.82. The fourth-order valence-corrected chi connectivity index (χ4v) is 1.34. The predicted octanol–water partition coefficient (Wildman–Crippen LogP) is 2.25. The SMILES string of the molecule is Cc1cc(-c2coc(CN)n2)ccc1F. The first kappa shape index (κ1) is 9.86. The van der Waals surface area contributed by atoms with E-state index in [0.29, 0.717) is 17.1 Å². The maximum atomic E-state index is 13.0. The Morgan fingerprint density at radius 3 is 2.87 bits per heavy atom. The molecule has 0 saturated carbocycles. The Labute approximate surface area is 86.7 Å². The molecule has 0 radical (unpaired) electrons. The molecule has 0 saturated heterocycles. The number of oxazole rings is 1. The van der Waals surface area contributed by atoms with Gasteiger partial charge in [0.2, 0.25) is 5.89 Å². The zero-order valence-electron chi connectivity index (χ0n) is 8.33. The van der Waals surface area contributed by atoms with Gasteiger partial charge in [0, 0.05) is 5.56 Å².